The van der Waals surface area contributed by atoms with Crippen LogP contribution in [0, 0.1) is 5.82 Å². The van der Waals surface area contributed by atoms with E-state index in [0.29, 0.717) is 18.7 Å². The Bertz CT molecular complexity index is 892. The summed E-state index contributed by atoms with van der Waals surface area (Å²) in [6, 6.07) is 18.0. The zero-order valence-electron chi connectivity index (χ0n) is 13.5. The van der Waals surface area contributed by atoms with Gasteiger partial charge in [-0.25, -0.2) is 12.8 Å². The summed E-state index contributed by atoms with van der Waals surface area (Å²) in [6.45, 7) is 0.421. The summed E-state index contributed by atoms with van der Waals surface area (Å²) in [5.74, 6) is 0.0829. The minimum Gasteiger partial charge on any atom is -0.468 e. The highest BCUT2D eigenvalue weighted by Gasteiger charge is 2.25. The Morgan fingerprint density at radius 3 is 2.28 bits per heavy atom. The summed E-state index contributed by atoms with van der Waals surface area (Å²) in [6.07, 6.45) is 2.08. The molecular formula is C19H18FNO3S. The van der Waals surface area contributed by atoms with Gasteiger partial charge >= 0.3 is 0 Å². The van der Waals surface area contributed by atoms with Gasteiger partial charge in [-0.1, -0.05) is 30.3 Å². The number of furan rings is 1. The molecule has 0 bridgehead atoms. The molecule has 0 aliphatic rings. The van der Waals surface area contributed by atoms with E-state index in [0.717, 1.165) is 17.7 Å². The van der Waals surface area contributed by atoms with Gasteiger partial charge in [-0.15, -0.1) is 0 Å². The first kappa shape index (κ1) is 17.4. The molecule has 0 saturated carbocycles. The van der Waals surface area contributed by atoms with E-state index in [-0.39, 0.29) is 11.4 Å². The predicted molar refractivity (Wildman–Crippen MR) is 92.8 cm³/mol. The number of sulfonamides is 1. The van der Waals surface area contributed by atoms with E-state index >= 15 is 0 Å². The predicted octanol–water partition coefficient (Wildman–Crippen LogP) is 3.85. The van der Waals surface area contributed by atoms with Gasteiger partial charge in [-0.05, 0) is 48.4 Å². The molecule has 130 valence electrons. The smallest absolute Gasteiger partial charge is 0.243 e. The van der Waals surface area contributed by atoms with Crippen molar-refractivity contribution in [3.05, 3.63) is 90.1 Å². The van der Waals surface area contributed by atoms with Crippen LogP contribution in [0.15, 0.2) is 82.3 Å². The molecule has 0 saturated heterocycles. The van der Waals surface area contributed by atoms with Crippen molar-refractivity contribution < 1.29 is 17.2 Å². The quantitative estimate of drug-likeness (QED) is 0.644. The van der Waals surface area contributed by atoms with Crippen molar-refractivity contribution in [3.8, 4) is 0 Å². The highest BCUT2D eigenvalue weighted by Crippen LogP contribution is 2.20. The Morgan fingerprint density at radius 2 is 1.64 bits per heavy atom. The maximum atomic E-state index is 13.1. The van der Waals surface area contributed by atoms with Gasteiger partial charge in [0, 0.05) is 6.54 Å². The van der Waals surface area contributed by atoms with Crippen LogP contribution >= 0.6 is 0 Å². The molecule has 2 aromatic carbocycles. The Balaban J connectivity index is 1.85. The van der Waals surface area contributed by atoms with Gasteiger partial charge in [0.2, 0.25) is 10.0 Å². The molecule has 1 heterocycles. The molecule has 0 N–H and O–H groups in total. The highest BCUT2D eigenvalue weighted by molar-refractivity contribution is 7.89. The van der Waals surface area contributed by atoms with E-state index in [4.69, 9.17) is 4.42 Å². The average Bonchev–Trinajstić information content (AvgIpc) is 3.13. The summed E-state index contributed by atoms with van der Waals surface area (Å²) in [4.78, 5) is 0.0634. The first-order chi connectivity index (χ1) is 12.1. The molecule has 0 fully saturated rings. The van der Waals surface area contributed by atoms with Crippen molar-refractivity contribution >= 4 is 10.0 Å². The Labute approximate surface area is 146 Å². The molecule has 3 aromatic rings. The van der Waals surface area contributed by atoms with Crippen LogP contribution in [-0.4, -0.2) is 19.3 Å². The van der Waals surface area contributed by atoms with Gasteiger partial charge in [-0.2, -0.15) is 4.31 Å². The van der Waals surface area contributed by atoms with E-state index in [1.54, 1.807) is 12.1 Å². The van der Waals surface area contributed by atoms with E-state index in [2.05, 4.69) is 0 Å². The molecule has 0 aliphatic heterocycles. The fraction of sp³-hybridized carbons (Fsp3) is 0.158. The molecule has 0 unspecified atom stereocenters. The first-order valence-electron chi connectivity index (χ1n) is 7.88. The van der Waals surface area contributed by atoms with Crippen molar-refractivity contribution in [1.82, 2.24) is 4.31 Å². The molecule has 0 spiro atoms. The number of benzene rings is 2. The van der Waals surface area contributed by atoms with E-state index in [1.807, 2.05) is 30.3 Å². The lowest BCUT2D eigenvalue weighted by Crippen LogP contribution is -2.32. The van der Waals surface area contributed by atoms with Crippen LogP contribution < -0.4 is 0 Å². The van der Waals surface area contributed by atoms with Crippen LogP contribution in [0.4, 0.5) is 4.39 Å². The second-order valence-corrected chi connectivity index (χ2v) is 7.55. The van der Waals surface area contributed by atoms with Crippen LogP contribution in [-0.2, 0) is 23.0 Å². The van der Waals surface area contributed by atoms with Crippen molar-refractivity contribution in [2.75, 3.05) is 6.54 Å². The average molecular weight is 359 g/mol. The molecule has 4 nitrogen and oxygen atoms in total. The fourth-order valence-electron chi connectivity index (χ4n) is 2.51. The molecule has 0 amide bonds. The van der Waals surface area contributed by atoms with Gasteiger partial charge in [0.25, 0.3) is 0 Å². The number of halogens is 1. The van der Waals surface area contributed by atoms with Gasteiger partial charge < -0.3 is 4.42 Å². The Kier molecular flexibility index (Phi) is 5.31. The largest absolute Gasteiger partial charge is 0.468 e. The molecular weight excluding hydrogens is 341 g/mol. The zero-order chi connectivity index (χ0) is 17.7. The van der Waals surface area contributed by atoms with Gasteiger partial charge in [0.1, 0.15) is 11.6 Å². The summed E-state index contributed by atoms with van der Waals surface area (Å²) >= 11 is 0. The topological polar surface area (TPSA) is 50.5 Å². The van der Waals surface area contributed by atoms with Crippen LogP contribution in [0.25, 0.3) is 0 Å². The second-order valence-electron chi connectivity index (χ2n) is 5.61. The second kappa shape index (κ2) is 7.63. The monoisotopic (exact) mass is 359 g/mol. The lowest BCUT2D eigenvalue weighted by Gasteiger charge is -2.21. The summed E-state index contributed by atoms with van der Waals surface area (Å²) in [5, 5.41) is 0. The Hall–Kier alpha value is -2.44. The van der Waals surface area contributed by atoms with Gasteiger partial charge in [0.15, 0.2) is 0 Å². The number of hydrogen-bond donors (Lipinski definition) is 0. The van der Waals surface area contributed by atoms with Crippen LogP contribution in [0.3, 0.4) is 0 Å². The molecule has 6 heteroatoms. The summed E-state index contributed by atoms with van der Waals surface area (Å²) < 4.78 is 45.7. The Morgan fingerprint density at radius 1 is 0.920 bits per heavy atom. The van der Waals surface area contributed by atoms with Gasteiger partial charge in [-0.3, -0.25) is 0 Å². The summed E-state index contributed by atoms with van der Waals surface area (Å²) in [5.41, 5.74) is 1.04. The normalized spacial score (nSPS) is 11.8. The first-order valence-corrected chi connectivity index (χ1v) is 9.32. The molecule has 25 heavy (non-hydrogen) atoms. The third-order valence-electron chi connectivity index (χ3n) is 3.86. The molecule has 0 radical (unpaired) electrons. The minimum absolute atomic E-state index is 0.0634. The van der Waals surface area contributed by atoms with Crippen molar-refractivity contribution in [3.63, 3.8) is 0 Å². The molecule has 0 aliphatic carbocycles. The fourth-order valence-corrected chi connectivity index (χ4v) is 3.92. The van der Waals surface area contributed by atoms with Crippen LogP contribution in [0.1, 0.15) is 11.3 Å². The molecule has 3 rings (SSSR count). The number of rotatable bonds is 7. The minimum atomic E-state index is -3.76. The third kappa shape index (κ3) is 4.35. The summed E-state index contributed by atoms with van der Waals surface area (Å²) in [7, 11) is -3.76. The SMILES string of the molecule is O=S(=O)(c1ccc(F)cc1)N(CCc1ccccc1)Cc1ccco1. The maximum absolute atomic E-state index is 13.1. The van der Waals surface area contributed by atoms with Crippen molar-refractivity contribution in [2.24, 2.45) is 0 Å². The van der Waals surface area contributed by atoms with Gasteiger partial charge in [0.05, 0.1) is 17.7 Å². The van der Waals surface area contributed by atoms with E-state index in [1.165, 1.54) is 22.7 Å². The number of nitrogens with zero attached hydrogens (tertiary/aromatic N) is 1. The van der Waals surface area contributed by atoms with Crippen molar-refractivity contribution in [1.29, 1.82) is 0 Å². The van der Waals surface area contributed by atoms with Crippen LogP contribution in [0.2, 0.25) is 0 Å². The maximum Gasteiger partial charge on any atom is 0.243 e. The van der Waals surface area contributed by atoms with Crippen molar-refractivity contribution in [2.45, 2.75) is 17.9 Å². The number of hydrogen-bond acceptors (Lipinski definition) is 3. The molecule has 1 aromatic heterocycles. The van der Waals surface area contributed by atoms with E-state index < -0.39 is 15.8 Å². The lowest BCUT2D eigenvalue weighted by molar-refractivity contribution is 0.366. The third-order valence-corrected chi connectivity index (χ3v) is 5.72. The molecule has 0 atom stereocenters. The lowest BCUT2D eigenvalue weighted by atomic mass is 10.1. The standard InChI is InChI=1S/C19H18FNO3S/c20-17-8-10-19(11-9-17)25(22,23)21(15-18-7-4-14-24-18)13-12-16-5-2-1-3-6-16/h1-11,14H,12-13,15H2. The highest BCUT2D eigenvalue weighted by atomic mass is 32.2. The van der Waals surface area contributed by atoms with E-state index in [9.17, 15) is 12.8 Å². The zero-order valence-corrected chi connectivity index (χ0v) is 14.3. The van der Waals surface area contributed by atoms with Crippen LogP contribution in [0.5, 0.6) is 0 Å².